The van der Waals surface area contributed by atoms with Crippen LogP contribution in [-0.4, -0.2) is 54.7 Å². The number of halogens is 1. The van der Waals surface area contributed by atoms with Crippen molar-refractivity contribution in [2.24, 2.45) is 0 Å². The van der Waals surface area contributed by atoms with Crippen LogP contribution in [0, 0.1) is 0 Å². The highest BCUT2D eigenvalue weighted by Crippen LogP contribution is 2.38. The molecule has 0 bridgehead atoms. The molecule has 1 aliphatic rings. The fourth-order valence-electron chi connectivity index (χ4n) is 5.30. The largest absolute Gasteiger partial charge is 0.490 e. The third-order valence-corrected chi connectivity index (χ3v) is 7.78. The monoisotopic (exact) mass is 654 g/mol. The highest BCUT2D eigenvalue weighted by Gasteiger charge is 2.19. The maximum Gasteiger partial charge on any atom is 0.341 e. The number of carboxylic acid groups (broad SMARTS) is 2. The van der Waals surface area contributed by atoms with Gasteiger partial charge in [-0.2, -0.15) is 0 Å². The number of carboxylic acids is 2. The Hall–Kier alpha value is -5.05. The fraction of sp³-hybridized carbons (Fsp3) is 0.211. The van der Waals surface area contributed by atoms with Crippen LogP contribution < -0.4 is 14.2 Å². The Labute approximate surface area is 278 Å². The fourth-order valence-corrected chi connectivity index (χ4v) is 5.52. The quantitative estimate of drug-likeness (QED) is 0.112. The Morgan fingerprint density at radius 3 is 1.98 bits per heavy atom. The number of hydrogen-bond donors (Lipinski definition) is 2. The Morgan fingerprint density at radius 2 is 1.40 bits per heavy atom. The van der Waals surface area contributed by atoms with Gasteiger partial charge in [0.2, 0.25) is 0 Å². The van der Waals surface area contributed by atoms with Gasteiger partial charge in [-0.3, -0.25) is 0 Å². The third-order valence-electron chi connectivity index (χ3n) is 7.48. The molecule has 47 heavy (non-hydrogen) atoms. The maximum atomic E-state index is 11.3. The van der Waals surface area contributed by atoms with Crippen molar-refractivity contribution in [2.45, 2.75) is 25.9 Å². The van der Waals surface area contributed by atoms with Gasteiger partial charge in [-0.15, -0.1) is 0 Å². The molecular formula is C38H35ClO8. The summed E-state index contributed by atoms with van der Waals surface area (Å²) in [6, 6.07) is 25.1. The van der Waals surface area contributed by atoms with Crippen LogP contribution in [0.2, 0.25) is 5.02 Å². The number of aliphatic carboxylic acids is 2. The normalized spacial score (nSPS) is 12.6. The number of carbonyl (C=O) groups is 2. The molecular weight excluding hydrogens is 620 g/mol. The average molecular weight is 655 g/mol. The Morgan fingerprint density at radius 1 is 0.787 bits per heavy atom. The van der Waals surface area contributed by atoms with Crippen molar-refractivity contribution in [3.63, 3.8) is 0 Å². The average Bonchev–Trinajstić information content (AvgIpc) is 3.42. The molecule has 0 fully saturated rings. The summed E-state index contributed by atoms with van der Waals surface area (Å²) < 4.78 is 22.0. The summed E-state index contributed by atoms with van der Waals surface area (Å²) in [5.41, 5.74) is 8.08. The molecule has 8 nitrogen and oxygen atoms in total. The van der Waals surface area contributed by atoms with E-state index in [4.69, 9.17) is 35.7 Å². The first kappa shape index (κ1) is 33.3. The van der Waals surface area contributed by atoms with Crippen LogP contribution in [0.1, 0.15) is 34.7 Å². The van der Waals surface area contributed by atoms with Gasteiger partial charge in [0.05, 0.1) is 5.02 Å². The molecule has 242 valence electrons. The molecule has 9 heteroatoms. The molecule has 0 spiro atoms. The van der Waals surface area contributed by atoms with Gasteiger partial charge in [-0.25, -0.2) is 9.59 Å². The van der Waals surface area contributed by atoms with Crippen molar-refractivity contribution >= 4 is 35.7 Å². The van der Waals surface area contributed by atoms with Crippen LogP contribution in [0.4, 0.5) is 0 Å². The third kappa shape index (κ3) is 9.25. The zero-order chi connectivity index (χ0) is 33.2. The molecule has 1 aliphatic carbocycles. The van der Waals surface area contributed by atoms with Crippen LogP contribution in [0.25, 0.3) is 23.3 Å². The van der Waals surface area contributed by atoms with Crippen molar-refractivity contribution in [1.82, 2.24) is 0 Å². The lowest BCUT2D eigenvalue weighted by molar-refractivity contribution is -0.150. The summed E-state index contributed by atoms with van der Waals surface area (Å²) in [6.45, 7) is 2.42. The van der Waals surface area contributed by atoms with Crippen molar-refractivity contribution in [3.05, 3.63) is 124 Å². The number of hydrogen-bond acceptors (Lipinski definition) is 6. The minimum atomic E-state index is -1.06. The summed E-state index contributed by atoms with van der Waals surface area (Å²) >= 11 is 6.25. The molecule has 0 radical (unpaired) electrons. The zero-order valence-corrected chi connectivity index (χ0v) is 26.6. The second kappa shape index (κ2) is 16.0. The standard InChI is InChI=1S/C38H35ClO8/c1-2-44-36(38(42)43)21-27-7-11-30(12-8-27)45-17-3-5-25-9-14-32-28(19-25)22-29-20-26(10-15-33(29)32)6-4-18-46-35-16-13-31(23-34(35)39)47-24-37(40)41/h3-16,19-20,23,36H,2,17-18,21-22,24H2,1H3,(H,40,41)(H,42,43). The van der Waals surface area contributed by atoms with Crippen LogP contribution in [-0.2, 0) is 27.2 Å². The smallest absolute Gasteiger partial charge is 0.341 e. The van der Waals surface area contributed by atoms with E-state index >= 15 is 0 Å². The van der Waals surface area contributed by atoms with Crippen molar-refractivity contribution in [3.8, 4) is 28.4 Å². The van der Waals surface area contributed by atoms with E-state index in [2.05, 4.69) is 36.4 Å². The van der Waals surface area contributed by atoms with Crippen LogP contribution >= 0.6 is 11.6 Å². The van der Waals surface area contributed by atoms with Gasteiger partial charge in [0.15, 0.2) is 12.7 Å². The van der Waals surface area contributed by atoms with Gasteiger partial charge in [0.25, 0.3) is 0 Å². The lowest BCUT2D eigenvalue weighted by Gasteiger charge is -2.12. The van der Waals surface area contributed by atoms with Gasteiger partial charge in [-0.1, -0.05) is 72.3 Å². The second-order valence-corrected chi connectivity index (χ2v) is 11.2. The molecule has 5 rings (SSSR count). The van der Waals surface area contributed by atoms with E-state index in [0.717, 1.165) is 23.1 Å². The highest BCUT2D eigenvalue weighted by molar-refractivity contribution is 6.32. The van der Waals surface area contributed by atoms with Crippen molar-refractivity contribution in [1.29, 1.82) is 0 Å². The van der Waals surface area contributed by atoms with E-state index in [-0.39, 0.29) is 0 Å². The molecule has 0 saturated heterocycles. The number of fused-ring (bicyclic) bond motifs is 3. The van der Waals surface area contributed by atoms with E-state index < -0.39 is 24.6 Å². The molecule has 0 amide bonds. The summed E-state index contributed by atoms with van der Waals surface area (Å²) in [5.74, 6) is -0.460. The number of ether oxygens (including phenoxy) is 4. The summed E-state index contributed by atoms with van der Waals surface area (Å²) in [4.78, 5) is 22.0. The van der Waals surface area contributed by atoms with Crippen LogP contribution in [0.15, 0.2) is 91.0 Å². The van der Waals surface area contributed by atoms with Gasteiger partial charge in [0, 0.05) is 19.1 Å². The summed E-state index contributed by atoms with van der Waals surface area (Å²) in [7, 11) is 0. The van der Waals surface area contributed by atoms with Gasteiger partial charge in [-0.05, 0) is 88.7 Å². The molecule has 0 heterocycles. The Kier molecular flexibility index (Phi) is 11.3. The summed E-state index contributed by atoms with van der Waals surface area (Å²) in [6.07, 6.45) is 8.27. The van der Waals surface area contributed by atoms with E-state index in [1.165, 1.54) is 28.3 Å². The van der Waals surface area contributed by atoms with Crippen molar-refractivity contribution < 1.29 is 38.7 Å². The Balaban J connectivity index is 1.10. The molecule has 0 aliphatic heterocycles. The van der Waals surface area contributed by atoms with Gasteiger partial charge >= 0.3 is 11.9 Å². The van der Waals surface area contributed by atoms with E-state index in [1.54, 1.807) is 19.1 Å². The Bertz CT molecular complexity index is 1780. The van der Waals surface area contributed by atoms with Crippen LogP contribution in [0.5, 0.6) is 17.2 Å². The molecule has 4 aromatic rings. The minimum Gasteiger partial charge on any atom is -0.490 e. The zero-order valence-electron chi connectivity index (χ0n) is 25.9. The van der Waals surface area contributed by atoms with Crippen LogP contribution in [0.3, 0.4) is 0 Å². The number of rotatable bonds is 16. The first-order chi connectivity index (χ1) is 22.8. The van der Waals surface area contributed by atoms with E-state index in [9.17, 15) is 14.7 Å². The van der Waals surface area contributed by atoms with E-state index in [0.29, 0.717) is 48.5 Å². The number of benzene rings is 4. The lowest BCUT2D eigenvalue weighted by Crippen LogP contribution is -2.26. The molecule has 0 saturated carbocycles. The van der Waals surface area contributed by atoms with E-state index in [1.807, 2.05) is 48.6 Å². The lowest BCUT2D eigenvalue weighted by atomic mass is 10.0. The molecule has 0 aromatic heterocycles. The molecule has 4 aromatic carbocycles. The highest BCUT2D eigenvalue weighted by atomic mass is 35.5. The van der Waals surface area contributed by atoms with Gasteiger partial charge < -0.3 is 29.2 Å². The SMILES string of the molecule is CCOC(Cc1ccc(OCC=Cc2ccc3c(c2)Cc2cc(C=CCOc4ccc(OCC(=O)O)cc4Cl)ccc2-3)cc1)C(=O)O. The molecule has 1 unspecified atom stereocenters. The second-order valence-electron chi connectivity index (χ2n) is 10.8. The molecule has 1 atom stereocenters. The van der Waals surface area contributed by atoms with Gasteiger partial charge in [0.1, 0.15) is 30.5 Å². The first-order valence-electron chi connectivity index (χ1n) is 15.2. The topological polar surface area (TPSA) is 112 Å². The summed E-state index contributed by atoms with van der Waals surface area (Å²) in [5, 5.41) is 18.4. The first-order valence-corrected chi connectivity index (χ1v) is 15.6. The maximum absolute atomic E-state index is 11.3. The molecule has 2 N–H and O–H groups in total. The predicted molar refractivity (Wildman–Crippen MR) is 182 cm³/mol. The van der Waals surface area contributed by atoms with Crippen molar-refractivity contribution in [2.75, 3.05) is 26.4 Å². The predicted octanol–water partition coefficient (Wildman–Crippen LogP) is 7.59. The minimum absolute atomic E-state index is 0.307.